The molecule has 15 nitrogen and oxygen atoms in total. The first kappa shape index (κ1) is 35.9. The molecule has 1 saturated heterocycles. The molecule has 45 heavy (non-hydrogen) atoms. The first-order valence-corrected chi connectivity index (χ1v) is 15.5. The van der Waals surface area contributed by atoms with Gasteiger partial charge in [0.15, 0.2) is 6.10 Å². The number of anilines is 1. The van der Waals surface area contributed by atoms with Gasteiger partial charge in [0.25, 0.3) is 0 Å². The van der Waals surface area contributed by atoms with Crippen LogP contribution in [0, 0.1) is 5.82 Å². The topological polar surface area (TPSA) is 237 Å². The Morgan fingerprint density at radius 2 is 1.71 bits per heavy atom. The van der Waals surface area contributed by atoms with Crippen LogP contribution in [-0.4, -0.2) is 117 Å². The average Bonchev–Trinajstić information content (AvgIpc) is 2.95. The normalized spacial score (nSPS) is 23.6. The van der Waals surface area contributed by atoms with Crippen molar-refractivity contribution in [3.8, 4) is 11.3 Å². The lowest BCUT2D eigenvalue weighted by Gasteiger charge is -2.38. The maximum Gasteiger partial charge on any atom is 0.335 e. The van der Waals surface area contributed by atoms with Crippen molar-refractivity contribution in [2.24, 2.45) is 0 Å². The Morgan fingerprint density at radius 3 is 2.27 bits per heavy atom. The van der Waals surface area contributed by atoms with Crippen LogP contribution in [0.15, 0.2) is 30.3 Å². The number of benzene rings is 1. The molecule has 7 atom stereocenters. The molecule has 0 radical (unpaired) electrons. The van der Waals surface area contributed by atoms with Gasteiger partial charge < -0.3 is 40.1 Å². The largest absolute Gasteiger partial charge is 0.479 e. The van der Waals surface area contributed by atoms with Crippen molar-refractivity contribution in [2.45, 2.75) is 75.5 Å². The molecule has 248 valence electrons. The zero-order valence-electron chi connectivity index (χ0n) is 24.8. The second-order valence-electron chi connectivity index (χ2n) is 10.8. The van der Waals surface area contributed by atoms with Gasteiger partial charge in [-0.3, -0.25) is 4.79 Å². The number of aliphatic hydroxyl groups is 5. The number of halogens is 1. The van der Waals surface area contributed by atoms with Crippen molar-refractivity contribution in [3.05, 3.63) is 47.4 Å². The van der Waals surface area contributed by atoms with Gasteiger partial charge in [-0.2, -0.15) is 0 Å². The molecule has 2 aromatic rings. The fourth-order valence-electron chi connectivity index (χ4n) is 4.36. The highest BCUT2D eigenvalue weighted by Gasteiger charge is 2.48. The molecule has 1 aromatic carbocycles. The van der Waals surface area contributed by atoms with Gasteiger partial charge in [-0.25, -0.2) is 31.9 Å². The summed E-state index contributed by atoms with van der Waals surface area (Å²) in [7, 11) is -2.45. The van der Waals surface area contributed by atoms with E-state index in [2.05, 4.69) is 9.97 Å². The SMILES string of the molecule is CC(C)c1nc(N(C)S(C)(=O)=O)nc(-c2ccc(F)cc2)c1/C=C/[C@@H](O)C[C@@H](O)CC(=O)O[C@@H]1O[C@H](C(=O)O)[C@@H](O)[C@H](O)[C@@H]1O. The van der Waals surface area contributed by atoms with Crippen LogP contribution in [0.3, 0.4) is 0 Å². The van der Waals surface area contributed by atoms with Gasteiger partial charge in [0.2, 0.25) is 22.3 Å². The van der Waals surface area contributed by atoms with E-state index in [1.807, 2.05) is 0 Å². The van der Waals surface area contributed by atoms with Gasteiger partial charge in [0.05, 0.1) is 36.3 Å². The number of hydrogen-bond acceptors (Lipinski definition) is 13. The molecule has 2 heterocycles. The summed E-state index contributed by atoms with van der Waals surface area (Å²) in [4.78, 5) is 32.4. The van der Waals surface area contributed by atoms with Gasteiger partial charge in [-0.15, -0.1) is 0 Å². The standard InChI is InChI=1S/C28H36FN3O12S/c1-13(2)20-18(21(14-5-7-15(29)8-6-14)31-28(30-20)32(3)45(4,41)42)10-9-16(33)11-17(34)12-19(35)43-27-24(38)22(36)23(37)25(44-27)26(39)40/h5-10,13,16-17,22-25,27,33-34,36-38H,11-12H2,1-4H3,(H,39,40)/b10-9+/t16-,17-,22+,23+,24+,25+,27-/m1/s1. The zero-order chi connectivity index (χ0) is 33.8. The van der Waals surface area contributed by atoms with Crippen molar-refractivity contribution < 1.29 is 62.5 Å². The number of carboxylic acid groups (broad SMARTS) is 1. The smallest absolute Gasteiger partial charge is 0.335 e. The first-order chi connectivity index (χ1) is 20.9. The van der Waals surface area contributed by atoms with Crippen LogP contribution in [0.2, 0.25) is 0 Å². The molecule has 1 fully saturated rings. The fraction of sp³-hybridized carbons (Fsp3) is 0.500. The molecule has 3 rings (SSSR count). The Bertz CT molecular complexity index is 1500. The first-order valence-electron chi connectivity index (χ1n) is 13.7. The molecule has 0 unspecified atom stereocenters. The fourth-order valence-corrected chi connectivity index (χ4v) is 4.74. The molecular weight excluding hydrogens is 621 g/mol. The summed E-state index contributed by atoms with van der Waals surface area (Å²) in [5.41, 5.74) is 1.45. The number of rotatable bonds is 12. The summed E-state index contributed by atoms with van der Waals surface area (Å²) in [6, 6.07) is 5.29. The second-order valence-corrected chi connectivity index (χ2v) is 12.8. The molecule has 1 aromatic heterocycles. The number of aromatic nitrogens is 2. The molecule has 0 spiro atoms. The Balaban J connectivity index is 1.80. The van der Waals surface area contributed by atoms with E-state index in [1.165, 1.54) is 43.5 Å². The summed E-state index contributed by atoms with van der Waals surface area (Å²) >= 11 is 0. The summed E-state index contributed by atoms with van der Waals surface area (Å²) in [6.45, 7) is 3.60. The molecule has 1 aliphatic heterocycles. The number of sulfonamides is 1. The van der Waals surface area contributed by atoms with E-state index in [9.17, 15) is 47.9 Å². The number of carbonyl (C=O) groups is 2. The lowest BCUT2D eigenvalue weighted by molar-refractivity contribution is -0.286. The maximum absolute atomic E-state index is 13.7. The molecule has 6 N–H and O–H groups in total. The molecule has 0 amide bonds. The van der Waals surface area contributed by atoms with Gasteiger partial charge in [0, 0.05) is 24.6 Å². The number of aliphatic carboxylic acids is 1. The Labute approximate surface area is 258 Å². The number of carbonyl (C=O) groups excluding carboxylic acids is 1. The quantitative estimate of drug-likeness (QED) is 0.162. The van der Waals surface area contributed by atoms with E-state index >= 15 is 0 Å². The Morgan fingerprint density at radius 1 is 1.09 bits per heavy atom. The second kappa shape index (κ2) is 14.7. The highest BCUT2D eigenvalue weighted by Crippen LogP contribution is 2.32. The molecule has 0 saturated carbocycles. The number of hydrogen-bond donors (Lipinski definition) is 6. The molecule has 0 bridgehead atoms. The van der Waals surface area contributed by atoms with Crippen LogP contribution in [0.5, 0.6) is 0 Å². The van der Waals surface area contributed by atoms with Crippen molar-refractivity contribution in [1.29, 1.82) is 0 Å². The highest BCUT2D eigenvalue weighted by molar-refractivity contribution is 7.92. The predicted octanol–water partition coefficient (Wildman–Crippen LogP) is -0.247. The van der Waals surface area contributed by atoms with E-state index in [4.69, 9.17) is 14.6 Å². The summed E-state index contributed by atoms with van der Waals surface area (Å²) in [5, 5.41) is 59.7. The minimum absolute atomic E-state index is 0.129. The lowest BCUT2D eigenvalue weighted by Crippen LogP contribution is -2.60. The van der Waals surface area contributed by atoms with Gasteiger partial charge in [-0.1, -0.05) is 26.0 Å². The van der Waals surface area contributed by atoms with E-state index < -0.39 is 83.5 Å². The van der Waals surface area contributed by atoms with Crippen LogP contribution in [-0.2, 0) is 29.1 Å². The molecule has 1 aliphatic rings. The third-order valence-electron chi connectivity index (χ3n) is 6.87. The van der Waals surface area contributed by atoms with Crippen LogP contribution in [0.25, 0.3) is 17.3 Å². The van der Waals surface area contributed by atoms with Crippen LogP contribution in [0.4, 0.5) is 10.3 Å². The molecular formula is C28H36FN3O12S. The summed E-state index contributed by atoms with van der Waals surface area (Å²) in [6.07, 6.45) is -10.1. The number of esters is 1. The maximum atomic E-state index is 13.7. The predicted molar refractivity (Wildman–Crippen MR) is 155 cm³/mol. The highest BCUT2D eigenvalue weighted by atomic mass is 32.2. The van der Waals surface area contributed by atoms with Gasteiger partial charge in [0.1, 0.15) is 24.1 Å². The van der Waals surface area contributed by atoms with E-state index in [0.29, 0.717) is 16.8 Å². The minimum Gasteiger partial charge on any atom is -0.479 e. The van der Waals surface area contributed by atoms with E-state index in [-0.39, 0.29) is 17.6 Å². The zero-order valence-corrected chi connectivity index (χ0v) is 25.6. The number of aliphatic hydroxyl groups excluding tert-OH is 5. The van der Waals surface area contributed by atoms with Crippen molar-refractivity contribution in [3.63, 3.8) is 0 Å². The van der Waals surface area contributed by atoms with Gasteiger partial charge in [-0.05, 0) is 30.2 Å². The van der Waals surface area contributed by atoms with Gasteiger partial charge >= 0.3 is 11.9 Å². The van der Waals surface area contributed by atoms with E-state index in [0.717, 1.165) is 10.6 Å². The summed E-state index contributed by atoms with van der Waals surface area (Å²) < 4.78 is 48.7. The number of carboxylic acids is 1. The third kappa shape index (κ3) is 9.00. The monoisotopic (exact) mass is 657 g/mol. The third-order valence-corrected chi connectivity index (χ3v) is 8.03. The van der Waals surface area contributed by atoms with Crippen LogP contribution in [0.1, 0.15) is 43.9 Å². The van der Waals surface area contributed by atoms with Crippen LogP contribution < -0.4 is 4.31 Å². The minimum atomic E-state index is -3.74. The number of nitrogens with zero attached hydrogens (tertiary/aromatic N) is 3. The van der Waals surface area contributed by atoms with Crippen molar-refractivity contribution in [1.82, 2.24) is 9.97 Å². The Hall–Kier alpha value is -3.58. The lowest BCUT2D eigenvalue weighted by atomic mass is 9.97. The Kier molecular flexibility index (Phi) is 11.7. The number of ether oxygens (including phenoxy) is 2. The average molecular weight is 658 g/mol. The van der Waals surface area contributed by atoms with Crippen LogP contribution >= 0.6 is 0 Å². The summed E-state index contributed by atoms with van der Waals surface area (Å²) in [5.74, 6) is -3.74. The molecule has 0 aliphatic carbocycles. The van der Waals surface area contributed by atoms with Crippen molar-refractivity contribution in [2.75, 3.05) is 17.6 Å². The molecule has 17 heteroatoms. The van der Waals surface area contributed by atoms with Crippen molar-refractivity contribution >= 4 is 34.0 Å². The van der Waals surface area contributed by atoms with E-state index in [1.54, 1.807) is 13.8 Å².